The van der Waals surface area contributed by atoms with Crippen LogP contribution in [0.1, 0.15) is 51.6 Å². The van der Waals surface area contributed by atoms with Crippen LogP contribution < -0.4 is 10.6 Å². The van der Waals surface area contributed by atoms with Crippen LogP contribution in [0.3, 0.4) is 0 Å². The quantitative estimate of drug-likeness (QED) is 0.798. The average molecular weight is 326 g/mol. The zero-order valence-corrected chi connectivity index (χ0v) is 14.5. The zero-order chi connectivity index (χ0) is 16.5. The van der Waals surface area contributed by atoms with Crippen molar-refractivity contribution in [1.29, 1.82) is 0 Å². The molecule has 1 aromatic heterocycles. The molecule has 6 nitrogen and oxygen atoms in total. The number of aliphatic imine (C=N–C) groups is 1. The van der Waals surface area contributed by atoms with Crippen molar-refractivity contribution in [3.63, 3.8) is 0 Å². The lowest BCUT2D eigenvalue weighted by molar-refractivity contribution is 0.204. The van der Waals surface area contributed by atoms with Gasteiger partial charge in [-0.15, -0.1) is 0 Å². The summed E-state index contributed by atoms with van der Waals surface area (Å²) in [6.07, 6.45) is 10.5. The van der Waals surface area contributed by atoms with Crippen molar-refractivity contribution in [2.75, 3.05) is 6.54 Å². The molecule has 0 bridgehead atoms. The molecule has 1 fully saturated rings. The monoisotopic (exact) mass is 326 g/mol. The topological polar surface area (TPSA) is 68.3 Å². The van der Waals surface area contributed by atoms with Crippen molar-refractivity contribution < 1.29 is 0 Å². The number of aromatic nitrogens is 2. The van der Waals surface area contributed by atoms with Crippen LogP contribution in [-0.4, -0.2) is 39.8 Å². The van der Waals surface area contributed by atoms with Gasteiger partial charge in [-0.05, 0) is 43.9 Å². The Labute approximate surface area is 143 Å². The highest BCUT2D eigenvalue weighted by Gasteiger charge is 2.36. The molecule has 6 heteroatoms. The highest BCUT2D eigenvalue weighted by Crippen LogP contribution is 2.37. The van der Waals surface area contributed by atoms with Crippen LogP contribution in [0.25, 0.3) is 5.57 Å². The molecule has 24 heavy (non-hydrogen) atoms. The number of allylic oxidation sites excluding steroid dienone is 2. The molecule has 0 amide bonds. The first kappa shape index (κ1) is 15.3. The van der Waals surface area contributed by atoms with Crippen molar-refractivity contribution in [3.8, 4) is 0 Å². The molecule has 0 aromatic carbocycles. The largest absolute Gasteiger partial charge is 0.351 e. The molecule has 1 unspecified atom stereocenters. The third kappa shape index (κ3) is 2.70. The second-order valence-electron chi connectivity index (χ2n) is 6.83. The molecule has 0 radical (unpaired) electrons. The summed E-state index contributed by atoms with van der Waals surface area (Å²) in [6.45, 7) is 5.01. The van der Waals surface area contributed by atoms with Gasteiger partial charge in [0.2, 0.25) is 0 Å². The van der Waals surface area contributed by atoms with E-state index in [0.29, 0.717) is 6.04 Å². The predicted octanol–water partition coefficient (Wildman–Crippen LogP) is 2.57. The second-order valence-corrected chi connectivity index (χ2v) is 6.83. The molecule has 0 saturated heterocycles. The van der Waals surface area contributed by atoms with E-state index in [4.69, 9.17) is 0 Å². The Hall–Kier alpha value is -2.24. The molecule has 1 aromatic rings. The Balaban J connectivity index is 1.73. The van der Waals surface area contributed by atoms with Gasteiger partial charge < -0.3 is 15.5 Å². The van der Waals surface area contributed by atoms with Crippen LogP contribution in [0.2, 0.25) is 0 Å². The summed E-state index contributed by atoms with van der Waals surface area (Å²) in [5, 5.41) is 14.3. The maximum atomic E-state index is 4.55. The fourth-order valence-corrected chi connectivity index (χ4v) is 4.07. The number of nitrogens with one attached hydrogen (secondary N) is 3. The normalized spacial score (nSPS) is 26.2. The summed E-state index contributed by atoms with van der Waals surface area (Å²) in [5.74, 6) is 0.894. The average Bonchev–Trinajstić information content (AvgIpc) is 3.28. The van der Waals surface area contributed by atoms with E-state index >= 15 is 0 Å². The Morgan fingerprint density at radius 2 is 2.17 bits per heavy atom. The van der Waals surface area contributed by atoms with Gasteiger partial charge >= 0.3 is 0 Å². The minimum atomic E-state index is 0.214. The minimum Gasteiger partial charge on any atom is -0.351 e. The number of guanidine groups is 1. The first-order valence-electron chi connectivity index (χ1n) is 9.01. The molecule has 0 spiro atoms. The molecule has 1 saturated carbocycles. The van der Waals surface area contributed by atoms with Crippen LogP contribution in [0.4, 0.5) is 0 Å². The van der Waals surface area contributed by atoms with Gasteiger partial charge in [-0.1, -0.05) is 12.8 Å². The number of rotatable bonds is 3. The fourth-order valence-electron chi connectivity index (χ4n) is 4.07. The van der Waals surface area contributed by atoms with Crippen molar-refractivity contribution in [3.05, 3.63) is 35.4 Å². The molecule has 3 N–H and O–H groups in total. The second kappa shape index (κ2) is 6.34. The summed E-state index contributed by atoms with van der Waals surface area (Å²) in [5.41, 5.74) is 5.05. The lowest BCUT2D eigenvalue weighted by atomic mass is 9.92. The maximum Gasteiger partial charge on any atom is 0.197 e. The van der Waals surface area contributed by atoms with Crippen molar-refractivity contribution >= 4 is 11.5 Å². The van der Waals surface area contributed by atoms with Gasteiger partial charge in [0.25, 0.3) is 0 Å². The van der Waals surface area contributed by atoms with Crippen LogP contribution in [0.5, 0.6) is 0 Å². The highest BCUT2D eigenvalue weighted by molar-refractivity contribution is 5.84. The van der Waals surface area contributed by atoms with E-state index < -0.39 is 0 Å². The number of hydrogen-bond donors (Lipinski definition) is 3. The van der Waals surface area contributed by atoms with E-state index in [-0.39, 0.29) is 6.17 Å². The number of hydrogen-bond acceptors (Lipinski definition) is 3. The third-order valence-electron chi connectivity index (χ3n) is 5.28. The Morgan fingerprint density at radius 1 is 1.33 bits per heavy atom. The Morgan fingerprint density at radius 3 is 2.88 bits per heavy atom. The third-order valence-corrected chi connectivity index (χ3v) is 5.28. The number of H-pyrrole nitrogens is 1. The summed E-state index contributed by atoms with van der Waals surface area (Å²) in [6, 6.07) is 2.66. The van der Waals surface area contributed by atoms with E-state index in [9.17, 15) is 0 Å². The van der Waals surface area contributed by atoms with E-state index in [1.165, 1.54) is 42.5 Å². The summed E-state index contributed by atoms with van der Waals surface area (Å²) < 4.78 is 0. The molecular formula is C18H26N6. The molecule has 128 valence electrons. The molecule has 3 heterocycles. The summed E-state index contributed by atoms with van der Waals surface area (Å²) in [7, 11) is 0. The maximum absolute atomic E-state index is 4.55. The zero-order valence-electron chi connectivity index (χ0n) is 14.5. The van der Waals surface area contributed by atoms with Crippen molar-refractivity contribution in [1.82, 2.24) is 25.7 Å². The number of fused-ring (bicyclic) bond motifs is 1. The van der Waals surface area contributed by atoms with E-state index in [2.05, 4.69) is 56.8 Å². The smallest absolute Gasteiger partial charge is 0.197 e. The van der Waals surface area contributed by atoms with E-state index in [1.807, 2.05) is 6.20 Å². The van der Waals surface area contributed by atoms with Crippen LogP contribution in [0, 0.1) is 0 Å². The molecular weight excluding hydrogens is 300 g/mol. The van der Waals surface area contributed by atoms with E-state index in [0.717, 1.165) is 24.6 Å². The Bertz CT molecular complexity index is 678. The number of nitrogens with zero attached hydrogens (tertiary/aromatic N) is 3. The van der Waals surface area contributed by atoms with Gasteiger partial charge in [0, 0.05) is 37.1 Å². The van der Waals surface area contributed by atoms with Gasteiger partial charge in [-0.3, -0.25) is 10.1 Å². The lowest BCUT2D eigenvalue weighted by Gasteiger charge is -2.44. The standard InChI is InChI=1S/C18H26N6/c1-3-19-18-21-12(2)15-10-13(16-8-9-20-23-16)11-24(17(15)22-18)14-6-4-5-7-14/h8-9,11,14,17H,3-7,10H2,1-2H3,(H,20,23)(H2,19,21,22). The predicted molar refractivity (Wildman–Crippen MR) is 96.0 cm³/mol. The lowest BCUT2D eigenvalue weighted by Crippen LogP contribution is -2.58. The number of aromatic amines is 1. The summed E-state index contributed by atoms with van der Waals surface area (Å²) in [4.78, 5) is 7.08. The van der Waals surface area contributed by atoms with Gasteiger partial charge in [-0.2, -0.15) is 5.10 Å². The molecule has 1 aliphatic carbocycles. The molecule has 2 aliphatic heterocycles. The SMILES string of the molecule is CCN=C1NC(C)=C2CC(c3ccn[nH]3)=CN(C3CCCC3)C2N1. The Kier molecular flexibility index (Phi) is 4.04. The minimum absolute atomic E-state index is 0.214. The van der Waals surface area contributed by atoms with Crippen LogP contribution >= 0.6 is 0 Å². The summed E-state index contributed by atoms with van der Waals surface area (Å²) >= 11 is 0. The molecule has 3 aliphatic rings. The van der Waals surface area contributed by atoms with Gasteiger partial charge in [0.1, 0.15) is 6.17 Å². The molecule has 1 atom stereocenters. The van der Waals surface area contributed by atoms with E-state index in [1.54, 1.807) is 0 Å². The van der Waals surface area contributed by atoms with Crippen molar-refractivity contribution in [2.45, 2.75) is 58.2 Å². The van der Waals surface area contributed by atoms with Crippen LogP contribution in [-0.2, 0) is 0 Å². The van der Waals surface area contributed by atoms with Gasteiger partial charge in [-0.25, -0.2) is 0 Å². The highest BCUT2D eigenvalue weighted by atomic mass is 15.4. The van der Waals surface area contributed by atoms with Gasteiger partial charge in [0.05, 0.1) is 5.69 Å². The van der Waals surface area contributed by atoms with Crippen LogP contribution in [0.15, 0.2) is 34.7 Å². The molecule has 4 rings (SSSR count). The first-order chi connectivity index (χ1) is 11.8. The fraction of sp³-hybridized carbons (Fsp3) is 0.556. The van der Waals surface area contributed by atoms with Crippen molar-refractivity contribution in [2.24, 2.45) is 4.99 Å². The first-order valence-corrected chi connectivity index (χ1v) is 9.01. The van der Waals surface area contributed by atoms with Gasteiger partial charge in [0.15, 0.2) is 5.96 Å².